The van der Waals surface area contributed by atoms with E-state index in [9.17, 15) is 4.79 Å². The first-order valence-electron chi connectivity index (χ1n) is 8.86. The van der Waals surface area contributed by atoms with Crippen LogP contribution in [0.5, 0.6) is 5.75 Å². The fourth-order valence-corrected chi connectivity index (χ4v) is 3.46. The van der Waals surface area contributed by atoms with Gasteiger partial charge < -0.3 is 9.64 Å². The van der Waals surface area contributed by atoms with Crippen LogP contribution in [-0.2, 0) is 17.9 Å². The smallest absolute Gasteiger partial charge is 0.222 e. The lowest BCUT2D eigenvalue weighted by molar-refractivity contribution is -0.131. The molecule has 0 bridgehead atoms. The fraction of sp³-hybridized carbons (Fsp3) is 0.500. The van der Waals surface area contributed by atoms with Gasteiger partial charge in [0.05, 0.1) is 12.2 Å². The number of carbonyl (C=O) groups is 1. The molecule has 0 aliphatic carbocycles. The minimum Gasteiger partial charge on any atom is -0.486 e. The van der Waals surface area contributed by atoms with E-state index in [2.05, 4.69) is 44.8 Å². The van der Waals surface area contributed by atoms with Crippen molar-refractivity contribution in [3.8, 4) is 5.75 Å². The predicted molar refractivity (Wildman–Crippen MR) is 103 cm³/mol. The first-order valence-corrected chi connectivity index (χ1v) is 9.74. The highest BCUT2D eigenvalue weighted by Crippen LogP contribution is 2.25. The van der Waals surface area contributed by atoms with Gasteiger partial charge in [0.15, 0.2) is 0 Å². The fourth-order valence-electron chi connectivity index (χ4n) is 2.76. The number of amides is 1. The maximum atomic E-state index is 12.0. The van der Waals surface area contributed by atoms with Crippen LogP contribution in [0.3, 0.4) is 0 Å². The van der Waals surface area contributed by atoms with E-state index in [1.165, 1.54) is 16.7 Å². The van der Waals surface area contributed by atoms with Crippen LogP contribution in [0.25, 0.3) is 0 Å². The third kappa shape index (κ3) is 5.30. The third-order valence-electron chi connectivity index (χ3n) is 4.22. The highest BCUT2D eigenvalue weighted by atomic mass is 32.1. The van der Waals surface area contributed by atoms with Gasteiger partial charge in [-0.3, -0.25) is 4.79 Å². The monoisotopic (exact) mass is 360 g/mol. The van der Waals surface area contributed by atoms with Gasteiger partial charge in [-0.25, -0.2) is 4.98 Å². The summed E-state index contributed by atoms with van der Waals surface area (Å²) >= 11 is 1.59. The van der Waals surface area contributed by atoms with Crippen LogP contribution in [0.1, 0.15) is 54.1 Å². The molecule has 0 saturated heterocycles. The van der Waals surface area contributed by atoms with Gasteiger partial charge in [0.2, 0.25) is 5.91 Å². The molecule has 0 aliphatic heterocycles. The zero-order chi connectivity index (χ0) is 18.4. The number of hydrogen-bond acceptors (Lipinski definition) is 4. The van der Waals surface area contributed by atoms with E-state index in [0.717, 1.165) is 29.4 Å². The Morgan fingerprint density at radius 2 is 2.00 bits per heavy atom. The molecule has 2 aromatic rings. The van der Waals surface area contributed by atoms with E-state index >= 15 is 0 Å². The Bertz CT molecular complexity index is 724. The largest absolute Gasteiger partial charge is 0.486 e. The normalized spacial score (nSPS) is 10.8. The van der Waals surface area contributed by atoms with Crippen LogP contribution in [-0.4, -0.2) is 22.3 Å². The summed E-state index contributed by atoms with van der Waals surface area (Å²) in [7, 11) is 0. The molecule has 0 unspecified atom stereocenters. The van der Waals surface area contributed by atoms with Gasteiger partial charge in [0.25, 0.3) is 0 Å². The summed E-state index contributed by atoms with van der Waals surface area (Å²) in [4.78, 5) is 18.5. The minimum atomic E-state index is 0.179. The van der Waals surface area contributed by atoms with Crippen LogP contribution in [0.2, 0.25) is 0 Å². The Morgan fingerprint density at radius 1 is 1.24 bits per heavy atom. The molecule has 1 heterocycles. The SMILES string of the molecule is CCCN(Cc1csc(COc2cc(C)cc(C)c2C)n1)C(=O)CC. The summed E-state index contributed by atoms with van der Waals surface area (Å²) in [5.41, 5.74) is 4.55. The lowest BCUT2D eigenvalue weighted by Crippen LogP contribution is -2.30. The van der Waals surface area contributed by atoms with Gasteiger partial charge in [0, 0.05) is 18.3 Å². The predicted octanol–water partition coefficient (Wildman–Crippen LogP) is 4.80. The van der Waals surface area contributed by atoms with Crippen LogP contribution < -0.4 is 4.74 Å². The quantitative estimate of drug-likeness (QED) is 0.679. The molecule has 0 atom stereocenters. The van der Waals surface area contributed by atoms with E-state index in [4.69, 9.17) is 4.74 Å². The van der Waals surface area contributed by atoms with Crippen molar-refractivity contribution in [2.45, 2.75) is 60.6 Å². The van der Waals surface area contributed by atoms with Crippen molar-refractivity contribution in [2.75, 3.05) is 6.54 Å². The maximum absolute atomic E-state index is 12.0. The zero-order valence-corrected chi connectivity index (χ0v) is 16.7. The Labute approximate surface area is 154 Å². The molecule has 0 spiro atoms. The van der Waals surface area contributed by atoms with Gasteiger partial charge in [-0.2, -0.15) is 0 Å². The molecule has 0 saturated carbocycles. The zero-order valence-electron chi connectivity index (χ0n) is 15.9. The molecular formula is C20H28N2O2S. The lowest BCUT2D eigenvalue weighted by atomic mass is 10.1. The standard InChI is InChI=1S/C20H28N2O2S/c1-6-8-22(20(23)7-2)11-17-13-25-19(21-17)12-24-18-10-14(3)9-15(4)16(18)5/h9-10,13H,6-8,11-12H2,1-5H3. The van der Waals surface area contributed by atoms with Crippen LogP contribution >= 0.6 is 11.3 Å². The number of rotatable bonds is 8. The number of aromatic nitrogens is 1. The Morgan fingerprint density at radius 3 is 2.68 bits per heavy atom. The highest BCUT2D eigenvalue weighted by molar-refractivity contribution is 7.09. The number of carbonyl (C=O) groups excluding carboxylic acids is 1. The van der Waals surface area contributed by atoms with Crippen molar-refractivity contribution >= 4 is 17.2 Å². The minimum absolute atomic E-state index is 0.179. The molecule has 4 nitrogen and oxygen atoms in total. The molecular weight excluding hydrogens is 332 g/mol. The number of nitrogens with zero attached hydrogens (tertiary/aromatic N) is 2. The third-order valence-corrected chi connectivity index (χ3v) is 5.09. The molecule has 1 aromatic carbocycles. The van der Waals surface area contributed by atoms with E-state index in [1.807, 2.05) is 17.2 Å². The summed E-state index contributed by atoms with van der Waals surface area (Å²) in [6.45, 7) is 12.1. The number of thiazole rings is 1. The topological polar surface area (TPSA) is 42.4 Å². The first-order chi connectivity index (χ1) is 11.9. The average molecular weight is 361 g/mol. The molecule has 0 fully saturated rings. The summed E-state index contributed by atoms with van der Waals surface area (Å²) in [6, 6.07) is 4.23. The van der Waals surface area contributed by atoms with E-state index < -0.39 is 0 Å². The molecule has 1 amide bonds. The van der Waals surface area contributed by atoms with E-state index in [0.29, 0.717) is 19.6 Å². The van der Waals surface area contributed by atoms with Gasteiger partial charge in [-0.15, -0.1) is 11.3 Å². The van der Waals surface area contributed by atoms with Crippen LogP contribution in [0, 0.1) is 20.8 Å². The second kappa shape index (κ2) is 8.99. The molecule has 136 valence electrons. The molecule has 5 heteroatoms. The van der Waals surface area contributed by atoms with Crippen LogP contribution in [0.15, 0.2) is 17.5 Å². The Kier molecular flexibility index (Phi) is 7.00. The van der Waals surface area contributed by atoms with Crippen molar-refractivity contribution in [3.63, 3.8) is 0 Å². The molecule has 25 heavy (non-hydrogen) atoms. The second-order valence-corrected chi connectivity index (χ2v) is 7.34. The molecule has 0 N–H and O–H groups in total. The molecule has 1 aromatic heterocycles. The van der Waals surface area contributed by atoms with Crippen molar-refractivity contribution in [1.29, 1.82) is 0 Å². The summed E-state index contributed by atoms with van der Waals surface area (Å²) in [6.07, 6.45) is 1.49. The van der Waals surface area contributed by atoms with E-state index in [-0.39, 0.29) is 5.91 Å². The molecule has 2 rings (SSSR count). The lowest BCUT2D eigenvalue weighted by Gasteiger charge is -2.20. The van der Waals surface area contributed by atoms with Crippen molar-refractivity contribution in [3.05, 3.63) is 44.9 Å². The summed E-state index contributed by atoms with van der Waals surface area (Å²) in [5.74, 6) is 1.10. The Balaban J connectivity index is 2.01. The Hall–Kier alpha value is -1.88. The summed E-state index contributed by atoms with van der Waals surface area (Å²) in [5, 5.41) is 2.97. The van der Waals surface area contributed by atoms with Crippen molar-refractivity contribution in [2.24, 2.45) is 0 Å². The van der Waals surface area contributed by atoms with Crippen LogP contribution in [0.4, 0.5) is 0 Å². The number of ether oxygens (including phenoxy) is 1. The summed E-state index contributed by atoms with van der Waals surface area (Å²) < 4.78 is 5.99. The van der Waals surface area contributed by atoms with Gasteiger partial charge in [0.1, 0.15) is 17.4 Å². The van der Waals surface area contributed by atoms with Gasteiger partial charge in [-0.05, 0) is 49.9 Å². The van der Waals surface area contributed by atoms with Gasteiger partial charge >= 0.3 is 0 Å². The first kappa shape index (κ1) is 19.4. The number of hydrogen-bond donors (Lipinski definition) is 0. The van der Waals surface area contributed by atoms with Crippen molar-refractivity contribution < 1.29 is 9.53 Å². The molecule has 0 aliphatic rings. The second-order valence-electron chi connectivity index (χ2n) is 6.40. The highest BCUT2D eigenvalue weighted by Gasteiger charge is 2.13. The average Bonchev–Trinajstić information content (AvgIpc) is 3.03. The number of aryl methyl sites for hydroxylation is 2. The van der Waals surface area contributed by atoms with Crippen molar-refractivity contribution in [1.82, 2.24) is 9.88 Å². The maximum Gasteiger partial charge on any atom is 0.222 e. The van der Waals surface area contributed by atoms with E-state index in [1.54, 1.807) is 11.3 Å². The van der Waals surface area contributed by atoms with Gasteiger partial charge in [-0.1, -0.05) is 19.9 Å². The molecule has 0 radical (unpaired) electrons. The number of benzene rings is 1.